The minimum absolute atomic E-state index is 0.184. The molecule has 0 spiro atoms. The van der Waals surface area contributed by atoms with E-state index in [1.165, 1.54) is 11.6 Å². The van der Waals surface area contributed by atoms with Crippen LogP contribution in [0.3, 0.4) is 0 Å². The Morgan fingerprint density at radius 3 is 2.62 bits per heavy atom. The van der Waals surface area contributed by atoms with E-state index in [9.17, 15) is 9.18 Å². The van der Waals surface area contributed by atoms with Crippen molar-refractivity contribution in [3.8, 4) is 0 Å². The Morgan fingerprint density at radius 1 is 1.24 bits per heavy atom. The number of anilines is 1. The summed E-state index contributed by atoms with van der Waals surface area (Å²) in [5.74, 6) is 0.0345. The van der Waals surface area contributed by atoms with Gasteiger partial charge in [0.05, 0.1) is 5.69 Å². The van der Waals surface area contributed by atoms with Crippen LogP contribution in [0.25, 0.3) is 0 Å². The van der Waals surface area contributed by atoms with E-state index in [1.54, 1.807) is 23.9 Å². The highest BCUT2D eigenvalue weighted by atomic mass is 79.9. The molecule has 2 rings (SSSR count). The molecule has 0 heterocycles. The molecule has 0 aliphatic rings. The molecule has 0 fully saturated rings. The first-order valence-corrected chi connectivity index (χ1v) is 8.27. The Kier molecular flexibility index (Phi) is 5.82. The molecule has 2 nitrogen and oxygen atoms in total. The summed E-state index contributed by atoms with van der Waals surface area (Å²) in [4.78, 5) is 12.9. The summed E-state index contributed by atoms with van der Waals surface area (Å²) in [7, 11) is 0. The molecule has 0 aliphatic carbocycles. The monoisotopic (exact) mass is 367 g/mol. The molecule has 110 valence electrons. The van der Waals surface area contributed by atoms with Crippen molar-refractivity contribution in [2.45, 2.75) is 18.2 Å². The van der Waals surface area contributed by atoms with Gasteiger partial charge in [-0.25, -0.2) is 4.39 Å². The van der Waals surface area contributed by atoms with Crippen LogP contribution in [0.1, 0.15) is 12.0 Å². The lowest BCUT2D eigenvalue weighted by atomic mass is 10.2. The molecule has 0 aliphatic heterocycles. The molecule has 21 heavy (non-hydrogen) atoms. The normalized spacial score (nSPS) is 10.4. The third-order valence-corrected chi connectivity index (χ3v) is 4.33. The van der Waals surface area contributed by atoms with Gasteiger partial charge in [0, 0.05) is 21.5 Å². The molecule has 2 aromatic rings. The molecule has 0 radical (unpaired) electrons. The van der Waals surface area contributed by atoms with Gasteiger partial charge in [-0.3, -0.25) is 4.79 Å². The second-order valence-corrected chi connectivity index (χ2v) is 6.67. The van der Waals surface area contributed by atoms with Gasteiger partial charge in [-0.15, -0.1) is 11.8 Å². The van der Waals surface area contributed by atoms with Crippen LogP contribution in [0.5, 0.6) is 0 Å². The largest absolute Gasteiger partial charge is 0.324 e. The average molecular weight is 368 g/mol. The minimum Gasteiger partial charge on any atom is -0.324 e. The van der Waals surface area contributed by atoms with Gasteiger partial charge in [-0.05, 0) is 37.3 Å². The number of benzene rings is 2. The zero-order valence-electron chi connectivity index (χ0n) is 11.5. The van der Waals surface area contributed by atoms with E-state index >= 15 is 0 Å². The third-order valence-electron chi connectivity index (χ3n) is 2.82. The number of amides is 1. The fourth-order valence-electron chi connectivity index (χ4n) is 1.70. The zero-order valence-corrected chi connectivity index (χ0v) is 13.9. The van der Waals surface area contributed by atoms with E-state index in [2.05, 4.69) is 21.2 Å². The lowest BCUT2D eigenvalue weighted by Crippen LogP contribution is -2.13. The fraction of sp³-hybridized carbons (Fsp3) is 0.188. The zero-order chi connectivity index (χ0) is 15.2. The van der Waals surface area contributed by atoms with E-state index in [-0.39, 0.29) is 11.6 Å². The number of nitrogens with one attached hydrogen (secondary N) is 1. The molecule has 1 N–H and O–H groups in total. The van der Waals surface area contributed by atoms with Gasteiger partial charge in [-0.2, -0.15) is 0 Å². The van der Waals surface area contributed by atoms with E-state index < -0.39 is 5.82 Å². The second kappa shape index (κ2) is 7.61. The van der Waals surface area contributed by atoms with Gasteiger partial charge in [-0.1, -0.05) is 33.6 Å². The van der Waals surface area contributed by atoms with E-state index in [1.807, 2.05) is 31.2 Å². The molecule has 0 unspecified atom stereocenters. The van der Waals surface area contributed by atoms with Crippen molar-refractivity contribution >= 4 is 39.3 Å². The lowest BCUT2D eigenvalue weighted by Gasteiger charge is -2.07. The van der Waals surface area contributed by atoms with Crippen molar-refractivity contribution in [2.24, 2.45) is 0 Å². The highest BCUT2D eigenvalue weighted by Crippen LogP contribution is 2.21. The summed E-state index contributed by atoms with van der Waals surface area (Å²) in [6.45, 7) is 2.04. The standard InChI is InChI=1S/C16H15BrFNOS/c1-11-2-5-13(6-3-11)21-9-8-16(20)19-15-7-4-12(17)10-14(15)18/h2-7,10H,8-9H2,1H3,(H,19,20). The summed E-state index contributed by atoms with van der Waals surface area (Å²) in [6.07, 6.45) is 0.341. The molecule has 0 bridgehead atoms. The van der Waals surface area contributed by atoms with Gasteiger partial charge in [0.2, 0.25) is 5.91 Å². The molecular weight excluding hydrogens is 353 g/mol. The van der Waals surface area contributed by atoms with Crippen LogP contribution in [0, 0.1) is 12.7 Å². The summed E-state index contributed by atoms with van der Waals surface area (Å²) in [5, 5.41) is 2.58. The highest BCUT2D eigenvalue weighted by Gasteiger charge is 2.07. The summed E-state index contributed by atoms with van der Waals surface area (Å²) in [5.41, 5.74) is 1.42. The van der Waals surface area contributed by atoms with Crippen molar-refractivity contribution in [1.82, 2.24) is 0 Å². The molecule has 1 amide bonds. The summed E-state index contributed by atoms with van der Waals surface area (Å²) in [6, 6.07) is 12.7. The molecule has 0 saturated heterocycles. The Morgan fingerprint density at radius 2 is 1.95 bits per heavy atom. The molecule has 2 aromatic carbocycles. The maximum Gasteiger partial charge on any atom is 0.225 e. The number of thioether (sulfide) groups is 1. The van der Waals surface area contributed by atoms with Crippen LogP contribution in [-0.2, 0) is 4.79 Å². The fourth-order valence-corrected chi connectivity index (χ4v) is 2.88. The molecular formula is C16H15BrFNOS. The summed E-state index contributed by atoms with van der Waals surface area (Å²) < 4.78 is 14.2. The SMILES string of the molecule is Cc1ccc(SCCC(=O)Nc2ccc(Br)cc2F)cc1. The first kappa shape index (κ1) is 16.0. The first-order valence-electron chi connectivity index (χ1n) is 6.49. The van der Waals surface area contributed by atoms with Gasteiger partial charge in [0.25, 0.3) is 0 Å². The van der Waals surface area contributed by atoms with Crippen molar-refractivity contribution < 1.29 is 9.18 Å². The molecule has 0 atom stereocenters. The third kappa shape index (κ3) is 5.17. The van der Waals surface area contributed by atoms with Crippen LogP contribution in [0.2, 0.25) is 0 Å². The lowest BCUT2D eigenvalue weighted by molar-refractivity contribution is -0.115. The minimum atomic E-state index is -0.441. The van der Waals surface area contributed by atoms with Crippen molar-refractivity contribution in [3.05, 3.63) is 58.3 Å². The molecule has 0 saturated carbocycles. The Balaban J connectivity index is 1.81. The van der Waals surface area contributed by atoms with Crippen LogP contribution in [0.15, 0.2) is 51.8 Å². The number of hydrogen-bond donors (Lipinski definition) is 1. The first-order chi connectivity index (χ1) is 10.0. The number of aryl methyl sites for hydroxylation is 1. The predicted molar refractivity (Wildman–Crippen MR) is 89.2 cm³/mol. The van der Waals surface area contributed by atoms with E-state index in [4.69, 9.17) is 0 Å². The smallest absolute Gasteiger partial charge is 0.225 e. The maximum absolute atomic E-state index is 13.6. The second-order valence-electron chi connectivity index (χ2n) is 4.58. The Hall–Kier alpha value is -1.33. The van der Waals surface area contributed by atoms with Gasteiger partial charge < -0.3 is 5.32 Å². The highest BCUT2D eigenvalue weighted by molar-refractivity contribution is 9.10. The van der Waals surface area contributed by atoms with Crippen LogP contribution in [0.4, 0.5) is 10.1 Å². The van der Waals surface area contributed by atoms with Gasteiger partial charge in [0.1, 0.15) is 5.82 Å². The number of rotatable bonds is 5. The van der Waals surface area contributed by atoms with E-state index in [0.29, 0.717) is 16.6 Å². The number of halogens is 2. The Bertz CT molecular complexity index is 631. The van der Waals surface area contributed by atoms with Crippen LogP contribution < -0.4 is 5.32 Å². The Labute approximate surface area is 136 Å². The number of hydrogen-bond acceptors (Lipinski definition) is 2. The number of carbonyl (C=O) groups is 1. The van der Waals surface area contributed by atoms with Gasteiger partial charge >= 0.3 is 0 Å². The van der Waals surface area contributed by atoms with Crippen molar-refractivity contribution in [1.29, 1.82) is 0 Å². The van der Waals surface area contributed by atoms with Crippen LogP contribution in [-0.4, -0.2) is 11.7 Å². The number of carbonyl (C=O) groups excluding carboxylic acids is 1. The topological polar surface area (TPSA) is 29.1 Å². The predicted octanol–water partition coefficient (Wildman–Crippen LogP) is 5.02. The molecule has 5 heteroatoms. The van der Waals surface area contributed by atoms with Gasteiger partial charge in [0.15, 0.2) is 0 Å². The van der Waals surface area contributed by atoms with Crippen LogP contribution >= 0.6 is 27.7 Å². The van der Waals surface area contributed by atoms with Crippen molar-refractivity contribution in [3.63, 3.8) is 0 Å². The summed E-state index contributed by atoms with van der Waals surface area (Å²) >= 11 is 4.79. The van der Waals surface area contributed by atoms with E-state index in [0.717, 1.165) is 4.90 Å². The average Bonchev–Trinajstić information content (AvgIpc) is 2.44. The maximum atomic E-state index is 13.6. The van der Waals surface area contributed by atoms with Crippen molar-refractivity contribution in [2.75, 3.05) is 11.1 Å². The quantitative estimate of drug-likeness (QED) is 0.751. The molecule has 0 aromatic heterocycles.